The minimum atomic E-state index is -0.561. The zero-order valence-corrected chi connectivity index (χ0v) is 24.3. The van der Waals surface area contributed by atoms with Crippen molar-refractivity contribution in [2.45, 2.75) is 138 Å². The number of hydrogen-bond donors (Lipinski definition) is 1. The normalized spacial score (nSPS) is 53.1. The topological polar surface area (TPSA) is 46.5 Å². The molecule has 0 aromatic heterocycles. The molecule has 3 nitrogen and oxygen atoms in total. The number of fused-ring (bicyclic) bond motifs is 7. The molecule has 200 valence electrons. The van der Waals surface area contributed by atoms with Crippen LogP contribution in [0, 0.1) is 56.7 Å². The van der Waals surface area contributed by atoms with E-state index < -0.39 is 5.60 Å². The van der Waals surface area contributed by atoms with Crippen molar-refractivity contribution < 1.29 is 14.6 Å². The van der Waals surface area contributed by atoms with Crippen LogP contribution in [-0.4, -0.2) is 22.8 Å². The lowest BCUT2D eigenvalue weighted by molar-refractivity contribution is -0.254. The zero-order valence-electron chi connectivity index (χ0n) is 24.3. The Kier molecular flexibility index (Phi) is 5.76. The summed E-state index contributed by atoms with van der Waals surface area (Å²) < 4.78 is 5.91. The second-order valence-electron chi connectivity index (χ2n) is 16.0. The van der Waals surface area contributed by atoms with Gasteiger partial charge < -0.3 is 9.84 Å². The van der Waals surface area contributed by atoms with E-state index in [1.807, 2.05) is 0 Å². The van der Waals surface area contributed by atoms with Crippen molar-refractivity contribution in [3.63, 3.8) is 0 Å². The summed E-state index contributed by atoms with van der Waals surface area (Å²) in [6.07, 6.45) is 12.7. The van der Waals surface area contributed by atoms with Gasteiger partial charge in [-0.1, -0.05) is 41.5 Å². The van der Waals surface area contributed by atoms with E-state index in [1.54, 1.807) is 6.92 Å². The average Bonchev–Trinajstić information content (AvgIpc) is 3.08. The molecule has 1 N–H and O–H groups in total. The minimum absolute atomic E-state index is 0.0345. The van der Waals surface area contributed by atoms with Crippen molar-refractivity contribution in [2.75, 3.05) is 0 Å². The molecule has 5 aliphatic rings. The zero-order chi connectivity index (χ0) is 25.8. The lowest BCUT2D eigenvalue weighted by atomic mass is 9.32. The van der Waals surface area contributed by atoms with Crippen LogP contribution in [0.15, 0.2) is 0 Å². The highest BCUT2D eigenvalue weighted by atomic mass is 16.5. The third kappa shape index (κ3) is 3.34. The SMILES string of the molecule is CC(=O)O[C@H]1CC[C@@]2(C)[C@H](CC[C@]3(C)[C@@H]2CC[C@@H]2[C@@]4(C)CC[C@@H](C(C)(C)O)[C@H]4CC[C@]23C)C1(C)C. The molecule has 0 saturated heterocycles. The predicted octanol–water partition coefficient (Wildman–Crippen LogP) is 7.79. The summed E-state index contributed by atoms with van der Waals surface area (Å²) in [6.45, 7) is 21.1. The van der Waals surface area contributed by atoms with Gasteiger partial charge in [0.05, 0.1) is 5.60 Å². The van der Waals surface area contributed by atoms with Crippen LogP contribution < -0.4 is 0 Å². The fraction of sp³-hybridized carbons (Fsp3) is 0.969. The molecule has 0 heterocycles. The molecule has 0 amide bonds. The Morgan fingerprint density at radius 3 is 1.86 bits per heavy atom. The van der Waals surface area contributed by atoms with Crippen LogP contribution in [0.3, 0.4) is 0 Å². The highest BCUT2D eigenvalue weighted by Gasteiger charge is 2.71. The molecule has 0 bridgehead atoms. The lowest BCUT2D eigenvalue weighted by Crippen LogP contribution is -2.67. The van der Waals surface area contributed by atoms with E-state index in [1.165, 1.54) is 57.8 Å². The maximum atomic E-state index is 11.9. The van der Waals surface area contributed by atoms with Crippen molar-refractivity contribution in [2.24, 2.45) is 56.7 Å². The van der Waals surface area contributed by atoms with Crippen LogP contribution in [0.4, 0.5) is 0 Å². The standard InChI is InChI=1S/C32H54O3/c1-20(33)35-26-15-17-30(7)23(27(26,2)3)14-19-32(9)25(30)11-10-24-29(6)16-12-21(28(4,5)34)22(29)13-18-31(24,32)8/h21-26,34H,10-19H2,1-9H3/t21-,22-,23-,24-,25-,26+,29+,30+,31-,32-/m1/s1. The fourth-order valence-electron chi connectivity index (χ4n) is 12.4. The van der Waals surface area contributed by atoms with Crippen LogP contribution in [0.5, 0.6) is 0 Å². The number of rotatable bonds is 2. The van der Waals surface area contributed by atoms with Gasteiger partial charge in [0, 0.05) is 12.3 Å². The first-order chi connectivity index (χ1) is 16.0. The number of ether oxygens (including phenoxy) is 1. The van der Waals surface area contributed by atoms with Gasteiger partial charge in [0.1, 0.15) is 6.10 Å². The minimum Gasteiger partial charge on any atom is -0.462 e. The van der Waals surface area contributed by atoms with E-state index in [0.717, 1.165) is 18.3 Å². The first-order valence-corrected chi connectivity index (χ1v) is 14.9. The quantitative estimate of drug-likeness (QED) is 0.405. The Labute approximate surface area is 215 Å². The molecule has 5 fully saturated rings. The van der Waals surface area contributed by atoms with Gasteiger partial charge in [0.2, 0.25) is 0 Å². The summed E-state index contributed by atoms with van der Waals surface area (Å²) in [5.41, 5.74) is 0.911. The smallest absolute Gasteiger partial charge is 0.302 e. The molecule has 0 radical (unpaired) electrons. The van der Waals surface area contributed by atoms with Crippen molar-refractivity contribution >= 4 is 5.97 Å². The van der Waals surface area contributed by atoms with E-state index in [2.05, 4.69) is 55.4 Å². The van der Waals surface area contributed by atoms with Crippen LogP contribution >= 0.6 is 0 Å². The summed E-state index contributed by atoms with van der Waals surface area (Å²) >= 11 is 0. The van der Waals surface area contributed by atoms with Crippen molar-refractivity contribution in [1.82, 2.24) is 0 Å². The van der Waals surface area contributed by atoms with Gasteiger partial charge in [-0.3, -0.25) is 4.79 Å². The van der Waals surface area contributed by atoms with Crippen molar-refractivity contribution in [1.29, 1.82) is 0 Å². The molecule has 5 rings (SSSR count). The van der Waals surface area contributed by atoms with Gasteiger partial charge in [-0.05, 0) is 129 Å². The van der Waals surface area contributed by atoms with Crippen molar-refractivity contribution in [3.05, 3.63) is 0 Å². The Morgan fingerprint density at radius 2 is 1.29 bits per heavy atom. The third-order valence-electron chi connectivity index (χ3n) is 14.1. The molecular formula is C32H54O3. The predicted molar refractivity (Wildman–Crippen MR) is 142 cm³/mol. The molecule has 0 spiro atoms. The van der Waals surface area contributed by atoms with Crippen LogP contribution in [0.25, 0.3) is 0 Å². The lowest BCUT2D eigenvalue weighted by Gasteiger charge is -2.73. The van der Waals surface area contributed by atoms with E-state index >= 15 is 0 Å². The molecule has 0 aromatic carbocycles. The van der Waals surface area contributed by atoms with Gasteiger partial charge in [-0.2, -0.15) is 0 Å². The Hall–Kier alpha value is -0.570. The monoisotopic (exact) mass is 486 g/mol. The number of aliphatic hydroxyl groups is 1. The van der Waals surface area contributed by atoms with E-state index in [-0.39, 0.29) is 17.5 Å². The summed E-state index contributed by atoms with van der Waals surface area (Å²) in [5.74, 6) is 3.14. The maximum absolute atomic E-state index is 11.9. The van der Waals surface area contributed by atoms with Crippen LogP contribution in [-0.2, 0) is 9.53 Å². The van der Waals surface area contributed by atoms with Crippen LogP contribution in [0.2, 0.25) is 0 Å². The third-order valence-corrected chi connectivity index (χ3v) is 14.1. The molecule has 10 atom stereocenters. The highest BCUT2D eigenvalue weighted by Crippen LogP contribution is 2.78. The fourth-order valence-corrected chi connectivity index (χ4v) is 12.4. The summed E-state index contributed by atoms with van der Waals surface area (Å²) in [6, 6.07) is 0. The number of carbonyl (C=O) groups is 1. The molecule has 5 saturated carbocycles. The first-order valence-electron chi connectivity index (χ1n) is 14.9. The van der Waals surface area contributed by atoms with Crippen molar-refractivity contribution in [3.8, 4) is 0 Å². The molecule has 0 aromatic rings. The first kappa shape index (κ1) is 26.1. The second kappa shape index (κ2) is 7.73. The van der Waals surface area contributed by atoms with E-state index in [0.29, 0.717) is 39.4 Å². The summed E-state index contributed by atoms with van der Waals surface area (Å²) in [5, 5.41) is 11.0. The molecular weight excluding hydrogens is 432 g/mol. The average molecular weight is 487 g/mol. The Bertz CT molecular complexity index is 871. The molecule has 35 heavy (non-hydrogen) atoms. The molecule has 0 unspecified atom stereocenters. The molecule has 3 heteroatoms. The maximum Gasteiger partial charge on any atom is 0.302 e. The number of carbonyl (C=O) groups excluding carboxylic acids is 1. The number of hydrogen-bond acceptors (Lipinski definition) is 3. The van der Waals surface area contributed by atoms with Gasteiger partial charge >= 0.3 is 5.97 Å². The number of esters is 1. The largest absolute Gasteiger partial charge is 0.462 e. The molecule has 0 aliphatic heterocycles. The summed E-state index contributed by atoms with van der Waals surface area (Å²) in [7, 11) is 0. The summed E-state index contributed by atoms with van der Waals surface area (Å²) in [4.78, 5) is 11.9. The molecule has 5 aliphatic carbocycles. The van der Waals surface area contributed by atoms with Gasteiger partial charge in [-0.25, -0.2) is 0 Å². The van der Waals surface area contributed by atoms with Gasteiger partial charge in [0.25, 0.3) is 0 Å². The highest BCUT2D eigenvalue weighted by molar-refractivity contribution is 5.66. The van der Waals surface area contributed by atoms with Crippen LogP contribution in [0.1, 0.15) is 127 Å². The Balaban J connectivity index is 1.48. The van der Waals surface area contributed by atoms with Gasteiger partial charge in [-0.15, -0.1) is 0 Å². The van der Waals surface area contributed by atoms with E-state index in [9.17, 15) is 9.90 Å². The van der Waals surface area contributed by atoms with E-state index in [4.69, 9.17) is 4.74 Å². The van der Waals surface area contributed by atoms with Gasteiger partial charge in [0.15, 0.2) is 0 Å². The second-order valence-corrected chi connectivity index (χ2v) is 16.0. The Morgan fingerprint density at radius 1 is 0.743 bits per heavy atom.